The molecule has 0 saturated carbocycles. The van der Waals surface area contributed by atoms with Crippen LogP contribution in [0.1, 0.15) is 27.2 Å². The van der Waals surface area contributed by atoms with Crippen LogP contribution in [0.25, 0.3) is 10.9 Å². The number of benzene rings is 3. The van der Waals surface area contributed by atoms with E-state index in [2.05, 4.69) is 15.3 Å². The first-order valence-electron chi connectivity index (χ1n) is 10.8. The minimum Gasteiger partial charge on any atom is -0.351 e. The van der Waals surface area contributed by atoms with Gasteiger partial charge in [0.05, 0.1) is 11.4 Å². The molecule has 0 radical (unpaired) electrons. The highest BCUT2D eigenvalue weighted by atomic mass is 35.5. The number of halogens is 2. The number of aromatic nitrogens is 1. The van der Waals surface area contributed by atoms with E-state index in [0.29, 0.717) is 34.9 Å². The maximum Gasteiger partial charge on any atom is 0.272 e. The lowest BCUT2D eigenvalue weighted by molar-refractivity contribution is -0.120. The second kappa shape index (κ2) is 7.81. The molecule has 4 aromatic rings. The van der Waals surface area contributed by atoms with Gasteiger partial charge in [-0.2, -0.15) is 0 Å². The van der Waals surface area contributed by atoms with Gasteiger partial charge in [0.15, 0.2) is 0 Å². The first-order chi connectivity index (χ1) is 16.5. The lowest BCUT2D eigenvalue weighted by Gasteiger charge is -2.21. The van der Waals surface area contributed by atoms with Crippen molar-refractivity contribution in [1.82, 2.24) is 10.3 Å². The number of carbonyl (C=O) groups excluding carboxylic acids is 2. The number of hydrogen-bond acceptors (Lipinski definition) is 3. The number of anilines is 1. The fourth-order valence-corrected chi connectivity index (χ4v) is 4.91. The SMILES string of the molecule is O=C(NC1N=C(c2ccccc2F)c2cc(Cl)cc3c2N(CC3)C1=O)c1cc2ccccc2[nH]1. The zero-order chi connectivity index (χ0) is 23.4. The molecule has 0 spiro atoms. The van der Waals surface area contributed by atoms with E-state index in [1.54, 1.807) is 35.2 Å². The molecule has 2 aliphatic heterocycles. The summed E-state index contributed by atoms with van der Waals surface area (Å²) in [6.45, 7) is 0.431. The number of hydrogen-bond donors (Lipinski definition) is 2. The van der Waals surface area contributed by atoms with Crippen molar-refractivity contribution in [2.45, 2.75) is 12.6 Å². The molecule has 0 saturated heterocycles. The molecule has 3 aromatic carbocycles. The molecular formula is C26H18ClFN4O2. The number of aliphatic imine (C=N–C) groups is 1. The van der Waals surface area contributed by atoms with Crippen LogP contribution in [-0.4, -0.2) is 35.2 Å². The van der Waals surface area contributed by atoms with E-state index in [4.69, 9.17) is 11.6 Å². The number of amides is 2. The van der Waals surface area contributed by atoms with E-state index in [1.165, 1.54) is 6.07 Å². The quantitative estimate of drug-likeness (QED) is 0.462. The first-order valence-corrected chi connectivity index (χ1v) is 11.2. The Labute approximate surface area is 199 Å². The van der Waals surface area contributed by atoms with Crippen LogP contribution in [-0.2, 0) is 11.2 Å². The molecule has 1 unspecified atom stereocenters. The predicted molar refractivity (Wildman–Crippen MR) is 129 cm³/mol. The van der Waals surface area contributed by atoms with E-state index < -0.39 is 17.9 Å². The van der Waals surface area contributed by atoms with Crippen molar-refractivity contribution in [2.24, 2.45) is 4.99 Å². The number of rotatable bonds is 3. The Kier molecular flexibility index (Phi) is 4.74. The summed E-state index contributed by atoms with van der Waals surface area (Å²) in [5, 5.41) is 4.09. The molecule has 2 N–H and O–H groups in total. The van der Waals surface area contributed by atoms with Gasteiger partial charge in [-0.1, -0.05) is 41.9 Å². The highest BCUT2D eigenvalue weighted by Gasteiger charge is 2.38. The second-order valence-electron chi connectivity index (χ2n) is 8.30. The molecule has 0 aliphatic carbocycles. The molecule has 6 rings (SSSR count). The maximum absolute atomic E-state index is 14.9. The third-order valence-electron chi connectivity index (χ3n) is 6.21. The molecular weight excluding hydrogens is 455 g/mol. The fraction of sp³-hybridized carbons (Fsp3) is 0.115. The van der Waals surface area contributed by atoms with E-state index in [0.717, 1.165) is 16.5 Å². The number of nitrogens with zero attached hydrogens (tertiary/aromatic N) is 2. The first kappa shape index (κ1) is 20.6. The summed E-state index contributed by atoms with van der Waals surface area (Å²) in [6, 6.07) is 19.0. The average molecular weight is 473 g/mol. The monoisotopic (exact) mass is 472 g/mol. The van der Waals surface area contributed by atoms with E-state index in [9.17, 15) is 14.0 Å². The van der Waals surface area contributed by atoms with Gasteiger partial charge in [0.2, 0.25) is 6.17 Å². The maximum atomic E-state index is 14.9. The van der Waals surface area contributed by atoms with Crippen LogP contribution >= 0.6 is 11.6 Å². The molecule has 6 nitrogen and oxygen atoms in total. The Morgan fingerprint density at radius 3 is 2.71 bits per heavy atom. The molecule has 0 fully saturated rings. The molecule has 1 aromatic heterocycles. The van der Waals surface area contributed by atoms with Crippen molar-refractivity contribution in [3.05, 3.63) is 100.0 Å². The van der Waals surface area contributed by atoms with Crippen molar-refractivity contribution < 1.29 is 14.0 Å². The highest BCUT2D eigenvalue weighted by molar-refractivity contribution is 6.32. The molecule has 168 valence electrons. The zero-order valence-electron chi connectivity index (χ0n) is 17.8. The Hall–Kier alpha value is -3.97. The standard InChI is InChI=1S/C26H18ClFN4O2/c27-16-11-15-9-10-32-23(15)18(13-16)22(17-6-2-3-7-19(17)28)30-24(26(32)34)31-25(33)21-12-14-5-1-4-8-20(14)29-21/h1-8,11-13,24,29H,9-10H2,(H,31,33). The molecule has 1 atom stereocenters. The number of para-hydroxylation sites is 1. The summed E-state index contributed by atoms with van der Waals surface area (Å²) in [5.74, 6) is -1.33. The van der Waals surface area contributed by atoms with Crippen LogP contribution in [0.15, 0.2) is 71.7 Å². The lowest BCUT2D eigenvalue weighted by Crippen LogP contribution is -2.47. The number of nitrogens with one attached hydrogen (secondary N) is 2. The summed E-state index contributed by atoms with van der Waals surface area (Å²) in [7, 11) is 0. The summed E-state index contributed by atoms with van der Waals surface area (Å²) in [5.41, 5.74) is 3.75. The van der Waals surface area contributed by atoms with Gasteiger partial charge in [-0.05, 0) is 48.4 Å². The third-order valence-corrected chi connectivity index (χ3v) is 6.43. The number of H-pyrrole nitrogens is 1. The fourth-order valence-electron chi connectivity index (χ4n) is 4.67. The van der Waals surface area contributed by atoms with E-state index >= 15 is 0 Å². The van der Waals surface area contributed by atoms with Crippen molar-refractivity contribution in [3.8, 4) is 0 Å². The van der Waals surface area contributed by atoms with Crippen molar-refractivity contribution >= 4 is 45.7 Å². The van der Waals surface area contributed by atoms with Crippen LogP contribution in [0, 0.1) is 5.82 Å². The number of carbonyl (C=O) groups is 2. The van der Waals surface area contributed by atoms with Crippen LogP contribution in [0.5, 0.6) is 0 Å². The van der Waals surface area contributed by atoms with Crippen LogP contribution < -0.4 is 10.2 Å². The summed E-state index contributed by atoms with van der Waals surface area (Å²) < 4.78 is 14.9. The lowest BCUT2D eigenvalue weighted by atomic mass is 9.97. The normalized spacial score (nSPS) is 16.9. The Morgan fingerprint density at radius 2 is 1.88 bits per heavy atom. The summed E-state index contributed by atoms with van der Waals surface area (Å²) in [6.07, 6.45) is -0.618. The molecule has 2 aliphatic rings. The average Bonchev–Trinajstić information content (AvgIpc) is 3.43. The van der Waals surface area contributed by atoms with Gasteiger partial charge in [-0.25, -0.2) is 9.38 Å². The van der Waals surface area contributed by atoms with Crippen molar-refractivity contribution in [3.63, 3.8) is 0 Å². The summed E-state index contributed by atoms with van der Waals surface area (Å²) in [4.78, 5) is 35.9. The van der Waals surface area contributed by atoms with Gasteiger partial charge in [0, 0.05) is 33.6 Å². The topological polar surface area (TPSA) is 77.6 Å². The highest BCUT2D eigenvalue weighted by Crippen LogP contribution is 2.38. The molecule has 8 heteroatoms. The van der Waals surface area contributed by atoms with Gasteiger partial charge in [-0.15, -0.1) is 0 Å². The van der Waals surface area contributed by atoms with E-state index in [-0.39, 0.29) is 17.2 Å². The minimum absolute atomic E-state index is 0.235. The number of fused-ring (bicyclic) bond motifs is 1. The van der Waals surface area contributed by atoms with E-state index in [1.807, 2.05) is 30.3 Å². The Bertz CT molecular complexity index is 1490. The van der Waals surface area contributed by atoms with Gasteiger partial charge >= 0.3 is 0 Å². The molecule has 3 heterocycles. The van der Waals surface area contributed by atoms with Crippen LogP contribution in [0.3, 0.4) is 0 Å². The molecule has 2 amide bonds. The minimum atomic E-state index is -1.23. The largest absolute Gasteiger partial charge is 0.351 e. The zero-order valence-corrected chi connectivity index (χ0v) is 18.6. The van der Waals surface area contributed by atoms with Gasteiger partial charge in [-0.3, -0.25) is 9.59 Å². The molecule has 0 bridgehead atoms. The Morgan fingerprint density at radius 1 is 1.09 bits per heavy atom. The van der Waals surface area contributed by atoms with Crippen LogP contribution in [0.4, 0.5) is 10.1 Å². The third kappa shape index (κ3) is 3.28. The van der Waals surface area contributed by atoms with Crippen molar-refractivity contribution in [1.29, 1.82) is 0 Å². The Balaban J connectivity index is 1.47. The summed E-state index contributed by atoms with van der Waals surface area (Å²) >= 11 is 6.37. The number of aromatic amines is 1. The predicted octanol–water partition coefficient (Wildman–Crippen LogP) is 4.46. The smallest absolute Gasteiger partial charge is 0.272 e. The van der Waals surface area contributed by atoms with Crippen LogP contribution in [0.2, 0.25) is 5.02 Å². The molecule has 34 heavy (non-hydrogen) atoms. The van der Waals surface area contributed by atoms with Gasteiger partial charge in [0.1, 0.15) is 11.5 Å². The van der Waals surface area contributed by atoms with Crippen molar-refractivity contribution in [2.75, 3.05) is 11.4 Å². The van der Waals surface area contributed by atoms with Gasteiger partial charge in [0.25, 0.3) is 11.8 Å². The van der Waals surface area contributed by atoms with Gasteiger partial charge < -0.3 is 15.2 Å². The second-order valence-corrected chi connectivity index (χ2v) is 8.74.